The molecule has 1 saturated heterocycles. The number of amides is 1. The van der Waals surface area contributed by atoms with Crippen LogP contribution in [0.5, 0.6) is 0 Å². The van der Waals surface area contributed by atoms with Crippen molar-refractivity contribution in [1.29, 1.82) is 0 Å². The maximum Gasteiger partial charge on any atom is 0.293 e. The van der Waals surface area contributed by atoms with Crippen LogP contribution in [0.25, 0.3) is 0 Å². The molecule has 3 rings (SSSR count). The van der Waals surface area contributed by atoms with Gasteiger partial charge in [0.2, 0.25) is 5.91 Å². The Morgan fingerprint density at radius 2 is 2.04 bits per heavy atom. The molecule has 2 fully saturated rings. The highest BCUT2D eigenvalue weighted by Crippen LogP contribution is 2.27. The van der Waals surface area contributed by atoms with Crippen LogP contribution in [-0.4, -0.2) is 52.6 Å². The molecule has 0 radical (unpaired) electrons. The number of carbonyl (C=O) groups is 1. The number of carbonyl (C=O) groups excluding carboxylic acids is 1. The molecule has 2 aliphatic rings. The van der Waals surface area contributed by atoms with Crippen LogP contribution in [0, 0.1) is 5.92 Å². The fourth-order valence-electron chi connectivity index (χ4n) is 3.54. The van der Waals surface area contributed by atoms with E-state index in [4.69, 9.17) is 5.73 Å². The number of nitrogens with zero attached hydrogens (tertiary/aromatic N) is 4. The van der Waals surface area contributed by atoms with E-state index in [9.17, 15) is 9.59 Å². The first-order chi connectivity index (χ1) is 11.1. The summed E-state index contributed by atoms with van der Waals surface area (Å²) in [6, 6.07) is 0.178. The van der Waals surface area contributed by atoms with Crippen LogP contribution in [0.3, 0.4) is 0 Å². The zero-order valence-corrected chi connectivity index (χ0v) is 13.6. The van der Waals surface area contributed by atoms with E-state index in [-0.39, 0.29) is 17.5 Å². The quantitative estimate of drug-likeness (QED) is 0.844. The van der Waals surface area contributed by atoms with Gasteiger partial charge in [-0.05, 0) is 18.8 Å². The van der Waals surface area contributed by atoms with E-state index in [1.807, 2.05) is 9.80 Å². The molecule has 0 bridgehead atoms. The van der Waals surface area contributed by atoms with E-state index >= 15 is 0 Å². The van der Waals surface area contributed by atoms with Gasteiger partial charge in [-0.2, -0.15) is 0 Å². The Bertz CT molecular complexity index is 621. The van der Waals surface area contributed by atoms with E-state index in [1.54, 1.807) is 19.4 Å². The van der Waals surface area contributed by atoms with Crippen LogP contribution in [-0.2, 0) is 11.8 Å². The topological polar surface area (TPSA) is 84.5 Å². The van der Waals surface area contributed by atoms with Gasteiger partial charge in [0.1, 0.15) is 0 Å². The Labute approximate surface area is 136 Å². The van der Waals surface area contributed by atoms with Crippen LogP contribution in [0.2, 0.25) is 0 Å². The summed E-state index contributed by atoms with van der Waals surface area (Å²) in [7, 11) is 1.72. The smallest absolute Gasteiger partial charge is 0.293 e. The van der Waals surface area contributed by atoms with E-state index in [0.717, 1.165) is 19.3 Å². The minimum absolute atomic E-state index is 0.0933. The van der Waals surface area contributed by atoms with Gasteiger partial charge in [0.25, 0.3) is 5.56 Å². The summed E-state index contributed by atoms with van der Waals surface area (Å²) in [4.78, 5) is 32.6. The van der Waals surface area contributed by atoms with E-state index in [0.29, 0.717) is 44.3 Å². The Morgan fingerprint density at radius 3 is 2.70 bits per heavy atom. The number of rotatable bonds is 3. The molecular weight excluding hydrogens is 294 g/mol. The molecule has 2 N–H and O–H groups in total. The molecule has 126 valence electrons. The number of anilines is 1. The first-order valence-electron chi connectivity index (χ1n) is 8.36. The molecule has 1 aromatic heterocycles. The number of aromatic nitrogens is 2. The lowest BCUT2D eigenvalue weighted by atomic mass is 9.99. The summed E-state index contributed by atoms with van der Waals surface area (Å²) in [6.07, 6.45) is 7.08. The fraction of sp³-hybridized carbons (Fsp3) is 0.688. The second-order valence-corrected chi connectivity index (χ2v) is 6.59. The van der Waals surface area contributed by atoms with Gasteiger partial charge in [-0.25, -0.2) is 4.98 Å². The molecule has 1 aliphatic heterocycles. The number of piperazine rings is 1. The third kappa shape index (κ3) is 3.39. The van der Waals surface area contributed by atoms with Crippen molar-refractivity contribution < 1.29 is 4.79 Å². The fourth-order valence-corrected chi connectivity index (χ4v) is 3.54. The molecule has 7 nitrogen and oxygen atoms in total. The largest absolute Gasteiger partial charge is 0.348 e. The van der Waals surface area contributed by atoms with Crippen molar-refractivity contribution >= 4 is 11.7 Å². The summed E-state index contributed by atoms with van der Waals surface area (Å²) in [5, 5.41) is 0. The molecule has 0 unspecified atom stereocenters. The lowest BCUT2D eigenvalue weighted by molar-refractivity contribution is -0.132. The van der Waals surface area contributed by atoms with Crippen LogP contribution >= 0.6 is 0 Å². The maximum atomic E-state index is 12.4. The van der Waals surface area contributed by atoms with E-state index in [2.05, 4.69) is 4.98 Å². The SMILES string of the molecule is Cn1ccnc(N2CCN(C(=O)C[C@@H]3CCC[C@H]3N)CC2)c1=O. The van der Waals surface area contributed by atoms with Crippen LogP contribution in [0.4, 0.5) is 5.82 Å². The highest BCUT2D eigenvalue weighted by molar-refractivity contribution is 5.77. The summed E-state index contributed by atoms with van der Waals surface area (Å²) in [5.74, 6) is 1.00. The molecule has 1 aliphatic carbocycles. The number of nitrogens with two attached hydrogens (primary N) is 1. The average Bonchev–Trinajstić information content (AvgIpc) is 2.95. The molecular formula is C16H25N5O2. The van der Waals surface area contributed by atoms with Crippen LogP contribution in [0.1, 0.15) is 25.7 Å². The molecule has 0 aromatic carbocycles. The molecule has 2 heterocycles. The Kier molecular flexibility index (Phi) is 4.66. The van der Waals surface area contributed by atoms with Crippen molar-refractivity contribution in [2.24, 2.45) is 18.7 Å². The standard InChI is InChI=1S/C16H25N5O2/c1-19-6-5-18-15(16(19)23)21-9-7-20(8-10-21)14(22)11-12-3-2-4-13(12)17/h5-6,12-13H,2-4,7-11,17H2,1H3/t12-,13+/m0/s1. The summed E-state index contributed by atoms with van der Waals surface area (Å²) < 4.78 is 1.53. The normalized spacial score (nSPS) is 25.0. The van der Waals surface area contributed by atoms with Gasteiger partial charge < -0.3 is 20.1 Å². The Balaban J connectivity index is 1.57. The monoisotopic (exact) mass is 319 g/mol. The Hall–Kier alpha value is -1.89. The molecule has 1 aromatic rings. The average molecular weight is 319 g/mol. The first-order valence-corrected chi connectivity index (χ1v) is 8.36. The highest BCUT2D eigenvalue weighted by Gasteiger charge is 2.29. The van der Waals surface area contributed by atoms with Gasteiger partial charge in [0.05, 0.1) is 0 Å². The zero-order valence-electron chi connectivity index (χ0n) is 13.6. The zero-order chi connectivity index (χ0) is 16.4. The van der Waals surface area contributed by atoms with Gasteiger partial charge in [-0.15, -0.1) is 0 Å². The van der Waals surface area contributed by atoms with Crippen molar-refractivity contribution in [3.05, 3.63) is 22.7 Å². The van der Waals surface area contributed by atoms with Gasteiger partial charge in [-0.3, -0.25) is 9.59 Å². The molecule has 0 spiro atoms. The Morgan fingerprint density at radius 1 is 1.30 bits per heavy atom. The minimum atomic E-state index is -0.0933. The van der Waals surface area contributed by atoms with Gasteiger partial charge in [0, 0.05) is 58.1 Å². The number of hydrogen-bond acceptors (Lipinski definition) is 5. The van der Waals surface area contributed by atoms with Crippen molar-refractivity contribution in [2.75, 3.05) is 31.1 Å². The van der Waals surface area contributed by atoms with E-state index < -0.39 is 0 Å². The van der Waals surface area contributed by atoms with Gasteiger partial charge in [0.15, 0.2) is 5.82 Å². The second kappa shape index (κ2) is 6.70. The summed E-state index contributed by atoms with van der Waals surface area (Å²) >= 11 is 0. The molecule has 1 amide bonds. The lowest BCUT2D eigenvalue weighted by Crippen LogP contribution is -2.51. The van der Waals surface area contributed by atoms with Crippen molar-refractivity contribution in [2.45, 2.75) is 31.7 Å². The van der Waals surface area contributed by atoms with Crippen molar-refractivity contribution in [1.82, 2.24) is 14.5 Å². The second-order valence-electron chi connectivity index (χ2n) is 6.59. The highest BCUT2D eigenvalue weighted by atomic mass is 16.2. The molecule has 2 atom stereocenters. The van der Waals surface area contributed by atoms with Gasteiger partial charge >= 0.3 is 0 Å². The van der Waals surface area contributed by atoms with Crippen molar-refractivity contribution in [3.63, 3.8) is 0 Å². The summed E-state index contributed by atoms with van der Waals surface area (Å²) in [6.45, 7) is 2.57. The third-order valence-electron chi connectivity index (χ3n) is 5.09. The van der Waals surface area contributed by atoms with E-state index in [1.165, 1.54) is 4.57 Å². The van der Waals surface area contributed by atoms with Crippen molar-refractivity contribution in [3.8, 4) is 0 Å². The lowest BCUT2D eigenvalue weighted by Gasteiger charge is -2.35. The predicted octanol–water partition coefficient (Wildman–Crippen LogP) is -0.0536. The minimum Gasteiger partial charge on any atom is -0.348 e. The van der Waals surface area contributed by atoms with Crippen LogP contribution < -0.4 is 16.2 Å². The number of hydrogen-bond donors (Lipinski definition) is 1. The third-order valence-corrected chi connectivity index (χ3v) is 5.09. The molecule has 1 saturated carbocycles. The first kappa shape index (κ1) is 16.0. The number of aryl methyl sites for hydroxylation is 1. The summed E-state index contributed by atoms with van der Waals surface area (Å²) in [5.41, 5.74) is 5.97. The van der Waals surface area contributed by atoms with Crippen LogP contribution in [0.15, 0.2) is 17.2 Å². The van der Waals surface area contributed by atoms with Gasteiger partial charge in [-0.1, -0.05) is 6.42 Å². The predicted molar refractivity (Wildman–Crippen MR) is 88.2 cm³/mol. The maximum absolute atomic E-state index is 12.4. The molecule has 7 heteroatoms. The molecule has 23 heavy (non-hydrogen) atoms.